The number of rotatable bonds is 5. The topological polar surface area (TPSA) is 65.4 Å². The van der Waals surface area contributed by atoms with E-state index >= 15 is 0 Å². The number of nitrogens with one attached hydrogen (secondary N) is 1. The molecule has 5 nitrogen and oxygen atoms in total. The number of nitriles is 1. The number of nitrogens with zero attached hydrogens (tertiary/aromatic N) is 2. The maximum atomic E-state index is 12.1. The van der Waals surface area contributed by atoms with Gasteiger partial charge >= 0.3 is 0 Å². The minimum absolute atomic E-state index is 0.0237. The third-order valence-electron chi connectivity index (χ3n) is 3.59. The first kappa shape index (κ1) is 16.5. The summed E-state index contributed by atoms with van der Waals surface area (Å²) in [4.78, 5) is 14.5. The number of carbonyl (C=O) groups is 1. The Morgan fingerprint density at radius 2 is 2.36 bits per heavy atom. The lowest BCUT2D eigenvalue weighted by Crippen LogP contribution is -2.48. The molecule has 1 fully saturated rings. The summed E-state index contributed by atoms with van der Waals surface area (Å²) in [6.45, 7) is 8.45. The molecule has 1 atom stereocenters. The summed E-state index contributed by atoms with van der Waals surface area (Å²) >= 11 is 0. The highest BCUT2D eigenvalue weighted by Crippen LogP contribution is 2.08. The number of ether oxygens (including phenoxy) is 1. The van der Waals surface area contributed by atoms with E-state index in [1.54, 1.807) is 24.3 Å². The predicted molar refractivity (Wildman–Crippen MR) is 84.5 cm³/mol. The average Bonchev–Trinajstić information content (AvgIpc) is 2.52. The molecule has 0 bridgehead atoms. The molecular weight excluding hydrogens is 278 g/mol. The van der Waals surface area contributed by atoms with Crippen LogP contribution in [0.1, 0.15) is 29.8 Å². The van der Waals surface area contributed by atoms with Crippen LogP contribution < -0.4 is 5.32 Å². The zero-order valence-electron chi connectivity index (χ0n) is 13.2. The molecular formula is C17H23N3O2. The molecule has 5 heteroatoms. The normalized spacial score (nSPS) is 18.9. The molecule has 1 amide bonds. The van der Waals surface area contributed by atoms with E-state index in [0.29, 0.717) is 30.2 Å². The van der Waals surface area contributed by atoms with Crippen molar-refractivity contribution >= 4 is 5.91 Å². The van der Waals surface area contributed by atoms with Crippen LogP contribution in [0.15, 0.2) is 24.3 Å². The Labute approximate surface area is 131 Å². The molecule has 0 aliphatic carbocycles. The van der Waals surface area contributed by atoms with Gasteiger partial charge in [0.2, 0.25) is 0 Å². The van der Waals surface area contributed by atoms with Crippen molar-refractivity contribution in [2.24, 2.45) is 5.92 Å². The number of benzene rings is 1. The Kier molecular flexibility index (Phi) is 5.93. The van der Waals surface area contributed by atoms with Gasteiger partial charge in [0.05, 0.1) is 24.3 Å². The van der Waals surface area contributed by atoms with Crippen LogP contribution in [0.4, 0.5) is 0 Å². The van der Waals surface area contributed by atoms with Crippen molar-refractivity contribution in [3.8, 4) is 6.07 Å². The smallest absolute Gasteiger partial charge is 0.251 e. The minimum atomic E-state index is -0.165. The lowest BCUT2D eigenvalue weighted by atomic mass is 10.1. The molecule has 0 spiro atoms. The lowest BCUT2D eigenvalue weighted by Gasteiger charge is -2.33. The Balaban J connectivity index is 1.84. The van der Waals surface area contributed by atoms with Crippen LogP contribution in [0.5, 0.6) is 0 Å². The van der Waals surface area contributed by atoms with E-state index in [1.165, 1.54) is 0 Å². The van der Waals surface area contributed by atoms with Crippen LogP contribution in [0.3, 0.4) is 0 Å². The highest BCUT2D eigenvalue weighted by molar-refractivity contribution is 5.94. The SMILES string of the molecule is CC(C)CN1CCO[C@H](CNC(=O)c2cccc(C#N)c2)C1. The van der Waals surface area contributed by atoms with Gasteiger partial charge in [-0.15, -0.1) is 0 Å². The maximum absolute atomic E-state index is 12.1. The van der Waals surface area contributed by atoms with Gasteiger partial charge in [-0.1, -0.05) is 19.9 Å². The third-order valence-corrected chi connectivity index (χ3v) is 3.59. The van der Waals surface area contributed by atoms with Gasteiger partial charge in [-0.2, -0.15) is 5.26 Å². The molecule has 2 rings (SSSR count). The first-order chi connectivity index (χ1) is 10.6. The first-order valence-corrected chi connectivity index (χ1v) is 7.71. The lowest BCUT2D eigenvalue weighted by molar-refractivity contribution is -0.0295. The molecule has 1 aromatic rings. The van der Waals surface area contributed by atoms with Crippen LogP contribution in [0.2, 0.25) is 0 Å². The van der Waals surface area contributed by atoms with Gasteiger partial charge in [-0.25, -0.2) is 0 Å². The van der Waals surface area contributed by atoms with E-state index in [1.807, 2.05) is 6.07 Å². The predicted octanol–water partition coefficient (Wildman–Crippen LogP) is 1.64. The van der Waals surface area contributed by atoms with Crippen molar-refractivity contribution < 1.29 is 9.53 Å². The summed E-state index contributed by atoms with van der Waals surface area (Å²) in [6, 6.07) is 8.75. The van der Waals surface area contributed by atoms with Crippen LogP contribution in [-0.2, 0) is 4.74 Å². The molecule has 0 unspecified atom stereocenters. The van der Waals surface area contributed by atoms with Crippen molar-refractivity contribution in [2.75, 3.05) is 32.8 Å². The number of hydrogen-bond acceptors (Lipinski definition) is 4. The number of carbonyl (C=O) groups excluding carboxylic acids is 1. The zero-order chi connectivity index (χ0) is 15.9. The quantitative estimate of drug-likeness (QED) is 0.898. The Hall–Kier alpha value is -1.90. The molecule has 0 saturated carbocycles. The van der Waals surface area contributed by atoms with Gasteiger partial charge in [-0.3, -0.25) is 9.69 Å². The van der Waals surface area contributed by atoms with E-state index in [4.69, 9.17) is 10.00 Å². The highest BCUT2D eigenvalue weighted by atomic mass is 16.5. The molecule has 1 N–H and O–H groups in total. The Morgan fingerprint density at radius 1 is 1.55 bits per heavy atom. The second kappa shape index (κ2) is 7.92. The fourth-order valence-corrected chi connectivity index (χ4v) is 2.62. The molecule has 0 aromatic heterocycles. The summed E-state index contributed by atoms with van der Waals surface area (Å²) in [5, 5.41) is 11.8. The minimum Gasteiger partial charge on any atom is -0.374 e. The van der Waals surface area contributed by atoms with E-state index in [2.05, 4.69) is 24.1 Å². The first-order valence-electron chi connectivity index (χ1n) is 7.71. The van der Waals surface area contributed by atoms with Crippen LogP contribution in [0, 0.1) is 17.2 Å². The van der Waals surface area contributed by atoms with Crippen LogP contribution >= 0.6 is 0 Å². The zero-order valence-corrected chi connectivity index (χ0v) is 13.2. The third kappa shape index (κ3) is 4.83. The Morgan fingerprint density at radius 3 is 3.09 bits per heavy atom. The average molecular weight is 301 g/mol. The second-order valence-electron chi connectivity index (χ2n) is 6.05. The Bertz CT molecular complexity index is 551. The standard InChI is InChI=1S/C17H23N3O2/c1-13(2)11-20-6-7-22-16(12-20)10-19-17(21)15-5-3-4-14(8-15)9-18/h3-5,8,13,16H,6-7,10-12H2,1-2H3,(H,19,21)/t16-/m1/s1. The van der Waals surface area contributed by atoms with E-state index in [0.717, 1.165) is 19.6 Å². The molecule has 1 aliphatic rings. The van der Waals surface area contributed by atoms with Crippen molar-refractivity contribution in [1.82, 2.24) is 10.2 Å². The molecule has 1 heterocycles. The van der Waals surface area contributed by atoms with Gasteiger partial charge in [0.15, 0.2) is 0 Å². The van der Waals surface area contributed by atoms with Crippen LogP contribution in [0.25, 0.3) is 0 Å². The monoisotopic (exact) mass is 301 g/mol. The summed E-state index contributed by atoms with van der Waals surface area (Å²) in [5.41, 5.74) is 0.999. The van der Waals surface area contributed by atoms with E-state index in [9.17, 15) is 4.79 Å². The summed E-state index contributed by atoms with van der Waals surface area (Å²) in [7, 11) is 0. The number of hydrogen-bond donors (Lipinski definition) is 1. The van der Waals surface area contributed by atoms with Gasteiger partial charge in [-0.05, 0) is 24.1 Å². The molecule has 118 valence electrons. The van der Waals surface area contributed by atoms with E-state index in [-0.39, 0.29) is 12.0 Å². The van der Waals surface area contributed by atoms with Gasteiger partial charge in [0.1, 0.15) is 0 Å². The summed E-state index contributed by atoms with van der Waals surface area (Å²) in [5.74, 6) is 0.462. The van der Waals surface area contributed by atoms with Crippen molar-refractivity contribution in [3.05, 3.63) is 35.4 Å². The molecule has 0 radical (unpaired) electrons. The van der Waals surface area contributed by atoms with Gasteiger partial charge < -0.3 is 10.1 Å². The maximum Gasteiger partial charge on any atom is 0.251 e. The molecule has 1 saturated heterocycles. The number of morpholine rings is 1. The van der Waals surface area contributed by atoms with Crippen LogP contribution in [-0.4, -0.2) is 49.7 Å². The van der Waals surface area contributed by atoms with Gasteiger partial charge in [0, 0.05) is 31.7 Å². The largest absolute Gasteiger partial charge is 0.374 e. The summed E-state index contributed by atoms with van der Waals surface area (Å²) < 4.78 is 5.71. The summed E-state index contributed by atoms with van der Waals surface area (Å²) in [6.07, 6.45) is 0.0237. The fraction of sp³-hybridized carbons (Fsp3) is 0.529. The fourth-order valence-electron chi connectivity index (χ4n) is 2.62. The molecule has 1 aromatic carbocycles. The highest BCUT2D eigenvalue weighted by Gasteiger charge is 2.21. The van der Waals surface area contributed by atoms with E-state index < -0.39 is 0 Å². The van der Waals surface area contributed by atoms with Gasteiger partial charge in [0.25, 0.3) is 5.91 Å². The molecule has 1 aliphatic heterocycles. The van der Waals surface area contributed by atoms with Crippen molar-refractivity contribution in [1.29, 1.82) is 5.26 Å². The second-order valence-corrected chi connectivity index (χ2v) is 6.05. The number of amides is 1. The van der Waals surface area contributed by atoms with Crippen molar-refractivity contribution in [3.63, 3.8) is 0 Å². The van der Waals surface area contributed by atoms with Crippen molar-refractivity contribution in [2.45, 2.75) is 20.0 Å². The molecule has 22 heavy (non-hydrogen) atoms.